The van der Waals surface area contributed by atoms with Gasteiger partial charge in [0.25, 0.3) is 0 Å². The summed E-state index contributed by atoms with van der Waals surface area (Å²) in [6, 6.07) is 11.7. The number of aromatic nitrogens is 1. The Kier molecular flexibility index (Phi) is 8.34. The molecule has 3 amide bonds. The average Bonchev–Trinajstić information content (AvgIpc) is 3.29. The fourth-order valence-electron chi connectivity index (χ4n) is 3.45. The van der Waals surface area contributed by atoms with E-state index >= 15 is 0 Å². The summed E-state index contributed by atoms with van der Waals surface area (Å²) in [6.07, 6.45) is 1.32. The van der Waals surface area contributed by atoms with Crippen molar-refractivity contribution in [2.24, 2.45) is 0 Å². The molecule has 0 spiro atoms. The summed E-state index contributed by atoms with van der Waals surface area (Å²) in [5.41, 5.74) is 1.40. The second-order valence-electron chi connectivity index (χ2n) is 9.18. The Bertz CT molecular complexity index is 1160. The second-order valence-corrected chi connectivity index (χ2v) is 10.1. The highest BCUT2D eigenvalue weighted by atomic mass is 32.1. The Morgan fingerprint density at radius 3 is 2.26 bits per heavy atom. The van der Waals surface area contributed by atoms with Crippen LogP contribution in [-0.4, -0.2) is 28.2 Å². The van der Waals surface area contributed by atoms with E-state index in [1.165, 1.54) is 40.5 Å². The van der Waals surface area contributed by atoms with E-state index in [4.69, 9.17) is 0 Å². The fraction of sp³-hybridized carbons (Fsp3) is 0.308. The summed E-state index contributed by atoms with van der Waals surface area (Å²) >= 11 is 1.28. The zero-order valence-corrected chi connectivity index (χ0v) is 21.0. The van der Waals surface area contributed by atoms with Gasteiger partial charge in [-0.2, -0.15) is 0 Å². The summed E-state index contributed by atoms with van der Waals surface area (Å²) < 4.78 is 13.7. The van der Waals surface area contributed by atoms with E-state index in [1.807, 2.05) is 39.8 Å². The smallest absolute Gasteiger partial charge is 0.248 e. The Balaban J connectivity index is 1.95. The van der Waals surface area contributed by atoms with Crippen LogP contribution in [0.3, 0.4) is 0 Å². The monoisotopic (exact) mass is 496 g/mol. The Labute approximate surface area is 208 Å². The first kappa shape index (κ1) is 26.0. The molecular weight excluding hydrogens is 467 g/mol. The molecule has 0 aliphatic heterocycles. The van der Waals surface area contributed by atoms with Crippen molar-refractivity contribution in [1.82, 2.24) is 10.3 Å². The summed E-state index contributed by atoms with van der Waals surface area (Å²) in [4.78, 5) is 44.8. The minimum atomic E-state index is -1.02. The van der Waals surface area contributed by atoms with Gasteiger partial charge in [-0.05, 0) is 57.5 Å². The number of rotatable bonds is 8. The molecule has 0 fully saturated rings. The van der Waals surface area contributed by atoms with Crippen LogP contribution >= 0.6 is 11.3 Å². The molecule has 0 bridgehead atoms. The van der Waals surface area contributed by atoms with Crippen molar-refractivity contribution in [2.75, 3.05) is 10.2 Å². The number of thiazole rings is 1. The first-order chi connectivity index (χ1) is 16.5. The highest BCUT2D eigenvalue weighted by Gasteiger charge is 2.34. The number of halogens is 1. The minimum Gasteiger partial charge on any atom is -0.349 e. The van der Waals surface area contributed by atoms with Crippen LogP contribution in [0.15, 0.2) is 60.1 Å². The molecule has 9 heteroatoms. The third kappa shape index (κ3) is 7.45. The van der Waals surface area contributed by atoms with Gasteiger partial charge in [-0.1, -0.05) is 29.8 Å². The molecule has 7 nitrogen and oxygen atoms in total. The lowest BCUT2D eigenvalue weighted by atomic mass is 9.99. The number of amides is 3. The molecular formula is C26H29FN4O3S. The Hall–Kier alpha value is -3.59. The molecule has 1 aromatic heterocycles. The van der Waals surface area contributed by atoms with Crippen molar-refractivity contribution in [3.8, 4) is 0 Å². The number of nitrogens with one attached hydrogen (secondary N) is 2. The Morgan fingerprint density at radius 2 is 1.69 bits per heavy atom. The van der Waals surface area contributed by atoms with Gasteiger partial charge in [0.1, 0.15) is 11.9 Å². The zero-order valence-electron chi connectivity index (χ0n) is 20.2. The van der Waals surface area contributed by atoms with Crippen molar-refractivity contribution >= 4 is 39.9 Å². The highest BCUT2D eigenvalue weighted by molar-refractivity contribution is 7.13. The maximum atomic E-state index is 13.7. The van der Waals surface area contributed by atoms with Crippen molar-refractivity contribution in [3.05, 3.63) is 77.1 Å². The lowest BCUT2D eigenvalue weighted by Crippen LogP contribution is -2.49. The van der Waals surface area contributed by atoms with Crippen molar-refractivity contribution in [3.63, 3.8) is 0 Å². The van der Waals surface area contributed by atoms with Crippen LogP contribution in [0.5, 0.6) is 0 Å². The molecule has 2 N–H and O–H groups in total. The molecule has 0 saturated heterocycles. The van der Waals surface area contributed by atoms with Gasteiger partial charge in [-0.15, -0.1) is 11.3 Å². The predicted molar refractivity (Wildman–Crippen MR) is 136 cm³/mol. The number of nitrogens with zero attached hydrogens (tertiary/aromatic N) is 2. The van der Waals surface area contributed by atoms with E-state index in [0.717, 1.165) is 5.56 Å². The molecule has 0 unspecified atom stereocenters. The SMILES string of the molecule is Cc1ccc([C@H](C(=O)NC(C)(C)C)N(C(=O)CCC(=O)Nc2nccs2)c2ccc(F)cc2)cc1. The highest BCUT2D eigenvalue weighted by Crippen LogP contribution is 2.30. The van der Waals surface area contributed by atoms with Crippen LogP contribution in [0.4, 0.5) is 15.2 Å². The fourth-order valence-corrected chi connectivity index (χ4v) is 4.00. The number of hydrogen-bond donors (Lipinski definition) is 2. The standard InChI is InChI=1S/C26H29FN4O3S/c1-17-5-7-18(8-6-17)23(24(34)30-26(2,3)4)31(20-11-9-19(27)10-12-20)22(33)14-13-21(32)29-25-28-15-16-35-25/h5-12,15-16,23H,13-14H2,1-4H3,(H,30,34)(H,28,29,32)/t23-/m1/s1. The van der Waals surface area contributed by atoms with E-state index in [-0.39, 0.29) is 24.7 Å². The lowest BCUT2D eigenvalue weighted by molar-refractivity contribution is -0.128. The summed E-state index contributed by atoms with van der Waals surface area (Å²) in [5, 5.41) is 7.78. The minimum absolute atomic E-state index is 0.0996. The van der Waals surface area contributed by atoms with Gasteiger partial charge in [0, 0.05) is 35.6 Å². The first-order valence-electron chi connectivity index (χ1n) is 11.2. The van der Waals surface area contributed by atoms with Gasteiger partial charge in [-0.3, -0.25) is 19.3 Å². The van der Waals surface area contributed by atoms with Crippen LogP contribution < -0.4 is 15.5 Å². The molecule has 0 saturated carbocycles. The van der Waals surface area contributed by atoms with Crippen LogP contribution in [0.2, 0.25) is 0 Å². The van der Waals surface area contributed by atoms with Gasteiger partial charge in [0.2, 0.25) is 17.7 Å². The number of carbonyl (C=O) groups is 3. The second kappa shape index (κ2) is 11.2. The van der Waals surface area contributed by atoms with E-state index in [0.29, 0.717) is 16.4 Å². The summed E-state index contributed by atoms with van der Waals surface area (Å²) in [7, 11) is 0. The van der Waals surface area contributed by atoms with Gasteiger partial charge in [0.05, 0.1) is 0 Å². The van der Waals surface area contributed by atoms with Crippen LogP contribution in [0, 0.1) is 12.7 Å². The van der Waals surface area contributed by atoms with Crippen LogP contribution in [0.25, 0.3) is 0 Å². The third-order valence-electron chi connectivity index (χ3n) is 5.02. The Morgan fingerprint density at radius 1 is 1.03 bits per heavy atom. The van der Waals surface area contributed by atoms with Crippen molar-refractivity contribution < 1.29 is 18.8 Å². The molecule has 1 atom stereocenters. The molecule has 2 aromatic carbocycles. The van der Waals surface area contributed by atoms with E-state index in [9.17, 15) is 18.8 Å². The quantitative estimate of drug-likeness (QED) is 0.459. The van der Waals surface area contributed by atoms with Crippen molar-refractivity contribution in [2.45, 2.75) is 52.1 Å². The predicted octanol–water partition coefficient (Wildman–Crippen LogP) is 5.00. The van der Waals surface area contributed by atoms with Gasteiger partial charge >= 0.3 is 0 Å². The van der Waals surface area contributed by atoms with Crippen LogP contribution in [0.1, 0.15) is 50.8 Å². The number of anilines is 2. The molecule has 35 heavy (non-hydrogen) atoms. The van der Waals surface area contributed by atoms with Gasteiger partial charge in [-0.25, -0.2) is 9.37 Å². The zero-order chi connectivity index (χ0) is 25.6. The maximum absolute atomic E-state index is 13.7. The molecule has 0 radical (unpaired) electrons. The molecule has 3 aromatic rings. The molecule has 1 heterocycles. The first-order valence-corrected chi connectivity index (χ1v) is 12.1. The molecule has 0 aliphatic rings. The number of hydrogen-bond acceptors (Lipinski definition) is 5. The lowest BCUT2D eigenvalue weighted by Gasteiger charge is -2.34. The summed E-state index contributed by atoms with van der Waals surface area (Å²) in [5.74, 6) is -1.65. The third-order valence-corrected chi connectivity index (χ3v) is 5.70. The normalized spacial score (nSPS) is 12.0. The maximum Gasteiger partial charge on any atom is 0.248 e. The van der Waals surface area contributed by atoms with Gasteiger partial charge < -0.3 is 10.6 Å². The molecule has 184 valence electrons. The van der Waals surface area contributed by atoms with Gasteiger partial charge in [0.15, 0.2) is 5.13 Å². The van der Waals surface area contributed by atoms with Crippen molar-refractivity contribution in [1.29, 1.82) is 0 Å². The van der Waals surface area contributed by atoms with E-state index < -0.39 is 23.3 Å². The number of carbonyl (C=O) groups excluding carboxylic acids is 3. The molecule has 3 rings (SSSR count). The van der Waals surface area contributed by atoms with E-state index in [1.54, 1.807) is 23.7 Å². The summed E-state index contributed by atoms with van der Waals surface area (Å²) in [6.45, 7) is 7.48. The topological polar surface area (TPSA) is 91.4 Å². The average molecular weight is 497 g/mol. The number of aryl methyl sites for hydroxylation is 1. The van der Waals surface area contributed by atoms with Crippen LogP contribution in [-0.2, 0) is 14.4 Å². The van der Waals surface area contributed by atoms with E-state index in [2.05, 4.69) is 15.6 Å². The largest absolute Gasteiger partial charge is 0.349 e. The molecule has 0 aliphatic carbocycles. The number of benzene rings is 2.